The van der Waals surface area contributed by atoms with Crippen LogP contribution in [0.25, 0.3) is 0 Å². The zero-order chi connectivity index (χ0) is 22.3. The second-order valence-corrected chi connectivity index (χ2v) is 8.98. The molecule has 4 rings (SSSR count). The minimum Gasteiger partial charge on any atom is -0.457 e. The lowest BCUT2D eigenvalue weighted by atomic mass is 10.1. The lowest BCUT2D eigenvalue weighted by Gasteiger charge is -2.28. The summed E-state index contributed by atoms with van der Waals surface area (Å²) in [5.41, 5.74) is 0.654. The number of ether oxygens (including phenoxy) is 2. The average molecular weight is 453 g/mol. The quantitative estimate of drug-likeness (QED) is 0.349. The molecule has 0 radical (unpaired) electrons. The molecule has 1 saturated heterocycles. The Morgan fingerprint density at radius 1 is 1.03 bits per heavy atom. The predicted molar refractivity (Wildman–Crippen MR) is 126 cm³/mol. The van der Waals surface area contributed by atoms with E-state index in [-0.39, 0.29) is 5.78 Å². The number of carbonyl (C=O) groups excluding carboxylic acids is 1. The number of benzene rings is 2. The van der Waals surface area contributed by atoms with E-state index in [1.807, 2.05) is 42.5 Å². The standard InChI is InChI=1S/C24H28N4O3S/c1-18(2)16-28-23(27-12-14-30-15-13-27)25-26-24(28)32-17-22(29)19-8-10-21(11-9-19)31-20-6-4-3-5-7-20/h3-11,18H,12-17H2,1-2H3. The molecule has 7 nitrogen and oxygen atoms in total. The molecule has 32 heavy (non-hydrogen) atoms. The summed E-state index contributed by atoms with van der Waals surface area (Å²) in [6, 6.07) is 16.8. The van der Waals surface area contributed by atoms with E-state index >= 15 is 0 Å². The van der Waals surface area contributed by atoms with Gasteiger partial charge in [0.15, 0.2) is 10.9 Å². The number of carbonyl (C=O) groups is 1. The van der Waals surface area contributed by atoms with Crippen LogP contribution in [0.5, 0.6) is 11.5 Å². The van der Waals surface area contributed by atoms with Crippen LogP contribution in [-0.2, 0) is 11.3 Å². The summed E-state index contributed by atoms with van der Waals surface area (Å²) in [6.45, 7) is 8.14. The van der Waals surface area contributed by atoms with Crippen LogP contribution in [0.15, 0.2) is 59.8 Å². The van der Waals surface area contributed by atoms with Gasteiger partial charge in [-0.2, -0.15) is 0 Å². The van der Waals surface area contributed by atoms with Gasteiger partial charge in [-0.05, 0) is 42.3 Å². The largest absolute Gasteiger partial charge is 0.457 e. The van der Waals surface area contributed by atoms with E-state index < -0.39 is 0 Å². The van der Waals surface area contributed by atoms with Crippen LogP contribution < -0.4 is 9.64 Å². The van der Waals surface area contributed by atoms with Crippen LogP contribution in [0.4, 0.5) is 5.95 Å². The maximum absolute atomic E-state index is 12.8. The highest BCUT2D eigenvalue weighted by Gasteiger charge is 2.22. The molecule has 0 N–H and O–H groups in total. The maximum atomic E-state index is 12.8. The normalized spacial score (nSPS) is 14.0. The van der Waals surface area contributed by atoms with E-state index in [9.17, 15) is 4.79 Å². The number of Topliss-reactive ketones (excluding diaryl/α,β-unsaturated/α-hetero) is 1. The molecular weight excluding hydrogens is 424 g/mol. The van der Waals surface area contributed by atoms with Crippen LogP contribution >= 0.6 is 11.8 Å². The van der Waals surface area contributed by atoms with Gasteiger partial charge in [-0.1, -0.05) is 43.8 Å². The van der Waals surface area contributed by atoms with Crippen LogP contribution in [0.2, 0.25) is 0 Å². The van der Waals surface area contributed by atoms with Crippen molar-refractivity contribution in [1.82, 2.24) is 14.8 Å². The molecule has 0 spiro atoms. The fourth-order valence-electron chi connectivity index (χ4n) is 3.46. The summed E-state index contributed by atoms with van der Waals surface area (Å²) in [4.78, 5) is 15.0. The first-order chi connectivity index (χ1) is 15.6. The Morgan fingerprint density at radius 3 is 2.41 bits per heavy atom. The molecule has 8 heteroatoms. The highest BCUT2D eigenvalue weighted by molar-refractivity contribution is 7.99. The molecule has 0 saturated carbocycles. The molecule has 2 aromatic carbocycles. The van der Waals surface area contributed by atoms with Gasteiger partial charge in [-0.15, -0.1) is 10.2 Å². The van der Waals surface area contributed by atoms with E-state index in [4.69, 9.17) is 9.47 Å². The number of ketones is 1. The van der Waals surface area contributed by atoms with Crippen molar-refractivity contribution >= 4 is 23.5 Å². The fourth-order valence-corrected chi connectivity index (χ4v) is 4.29. The van der Waals surface area contributed by atoms with Gasteiger partial charge in [0.25, 0.3) is 0 Å². The molecule has 1 aromatic heterocycles. The monoisotopic (exact) mass is 452 g/mol. The molecule has 0 unspecified atom stereocenters. The van der Waals surface area contributed by atoms with Crippen molar-refractivity contribution in [2.75, 3.05) is 37.0 Å². The third-order valence-electron chi connectivity index (χ3n) is 5.03. The summed E-state index contributed by atoms with van der Waals surface area (Å²) >= 11 is 1.43. The van der Waals surface area contributed by atoms with Crippen LogP contribution in [-0.4, -0.2) is 52.6 Å². The molecule has 0 bridgehead atoms. The van der Waals surface area contributed by atoms with E-state index in [0.717, 1.165) is 36.5 Å². The van der Waals surface area contributed by atoms with Gasteiger partial charge >= 0.3 is 0 Å². The molecule has 2 heterocycles. The molecule has 0 aliphatic carbocycles. The van der Waals surface area contributed by atoms with E-state index in [1.54, 1.807) is 12.1 Å². The summed E-state index contributed by atoms with van der Waals surface area (Å²) in [5, 5.41) is 9.60. The first kappa shape index (κ1) is 22.4. The molecule has 1 aliphatic rings. The minimum absolute atomic E-state index is 0.0493. The third kappa shape index (κ3) is 5.69. The molecule has 1 fully saturated rings. The number of nitrogens with zero attached hydrogens (tertiary/aromatic N) is 4. The van der Waals surface area contributed by atoms with E-state index in [1.165, 1.54) is 11.8 Å². The third-order valence-corrected chi connectivity index (χ3v) is 5.99. The van der Waals surface area contributed by atoms with Gasteiger partial charge < -0.3 is 14.4 Å². The number of para-hydroxylation sites is 1. The van der Waals surface area contributed by atoms with E-state index in [2.05, 4.69) is 33.5 Å². The van der Waals surface area contributed by atoms with Gasteiger partial charge in [-0.3, -0.25) is 9.36 Å². The van der Waals surface area contributed by atoms with Crippen molar-refractivity contribution in [2.45, 2.75) is 25.5 Å². The lowest BCUT2D eigenvalue weighted by molar-refractivity contribution is 0.102. The second kappa shape index (κ2) is 10.7. The van der Waals surface area contributed by atoms with Gasteiger partial charge in [0.2, 0.25) is 5.95 Å². The first-order valence-corrected chi connectivity index (χ1v) is 11.8. The second-order valence-electron chi connectivity index (χ2n) is 8.04. The Kier molecular flexibility index (Phi) is 7.44. The number of thioether (sulfide) groups is 1. The van der Waals surface area contributed by atoms with Crippen molar-refractivity contribution in [3.05, 3.63) is 60.2 Å². The van der Waals surface area contributed by atoms with Gasteiger partial charge in [0.05, 0.1) is 19.0 Å². The number of hydrogen-bond donors (Lipinski definition) is 0. The molecule has 168 valence electrons. The molecular formula is C24H28N4O3S. The SMILES string of the molecule is CC(C)Cn1c(SCC(=O)c2ccc(Oc3ccccc3)cc2)nnc1N1CCOCC1. The molecule has 3 aromatic rings. The predicted octanol–water partition coefficient (Wildman–Crippen LogP) is 4.54. The number of hydrogen-bond acceptors (Lipinski definition) is 7. The molecule has 1 aliphatic heterocycles. The van der Waals surface area contributed by atoms with Crippen molar-refractivity contribution < 1.29 is 14.3 Å². The van der Waals surface area contributed by atoms with E-state index in [0.29, 0.717) is 36.2 Å². The van der Waals surface area contributed by atoms with Crippen LogP contribution in [0, 0.1) is 5.92 Å². The van der Waals surface area contributed by atoms with Gasteiger partial charge in [0, 0.05) is 25.2 Å². The smallest absolute Gasteiger partial charge is 0.228 e. The zero-order valence-electron chi connectivity index (χ0n) is 18.4. The average Bonchev–Trinajstić information content (AvgIpc) is 3.21. The topological polar surface area (TPSA) is 69.5 Å². The summed E-state index contributed by atoms with van der Waals surface area (Å²) in [5.74, 6) is 3.12. The van der Waals surface area contributed by atoms with Crippen LogP contribution in [0.1, 0.15) is 24.2 Å². The highest BCUT2D eigenvalue weighted by atomic mass is 32.2. The minimum atomic E-state index is 0.0493. The number of morpholine rings is 1. The van der Waals surface area contributed by atoms with Crippen LogP contribution in [0.3, 0.4) is 0 Å². The van der Waals surface area contributed by atoms with Crippen molar-refractivity contribution in [1.29, 1.82) is 0 Å². The Bertz CT molecular complexity index is 1020. The molecule has 0 amide bonds. The highest BCUT2D eigenvalue weighted by Crippen LogP contribution is 2.26. The number of rotatable bonds is 9. The first-order valence-electron chi connectivity index (χ1n) is 10.8. The number of anilines is 1. The summed E-state index contributed by atoms with van der Waals surface area (Å²) < 4.78 is 13.4. The van der Waals surface area contributed by atoms with Gasteiger partial charge in [-0.25, -0.2) is 0 Å². The summed E-state index contributed by atoms with van der Waals surface area (Å²) in [7, 11) is 0. The Balaban J connectivity index is 1.40. The fraction of sp³-hybridized carbons (Fsp3) is 0.375. The van der Waals surface area contributed by atoms with Crippen molar-refractivity contribution in [3.8, 4) is 11.5 Å². The Morgan fingerprint density at radius 2 is 1.72 bits per heavy atom. The Labute approximate surface area is 192 Å². The summed E-state index contributed by atoms with van der Waals surface area (Å²) in [6.07, 6.45) is 0. The maximum Gasteiger partial charge on any atom is 0.228 e. The zero-order valence-corrected chi connectivity index (χ0v) is 19.3. The van der Waals surface area contributed by atoms with Crippen molar-refractivity contribution in [3.63, 3.8) is 0 Å². The number of aromatic nitrogens is 3. The van der Waals surface area contributed by atoms with Crippen molar-refractivity contribution in [2.24, 2.45) is 5.92 Å². The Hall–Kier alpha value is -2.84. The van der Waals surface area contributed by atoms with Gasteiger partial charge in [0.1, 0.15) is 11.5 Å². The lowest BCUT2D eigenvalue weighted by Crippen LogP contribution is -2.38. The molecule has 0 atom stereocenters.